The summed E-state index contributed by atoms with van der Waals surface area (Å²) in [5, 5.41) is 12.2. The van der Waals surface area contributed by atoms with Crippen LogP contribution in [-0.2, 0) is 14.3 Å². The molecule has 0 amide bonds. The Morgan fingerprint density at radius 2 is 2.17 bits per heavy atom. The van der Waals surface area contributed by atoms with Crippen LogP contribution in [0.3, 0.4) is 0 Å². The summed E-state index contributed by atoms with van der Waals surface area (Å²) in [6.07, 6.45) is 1.72. The Morgan fingerprint density at radius 3 is 2.72 bits per heavy atom. The average Bonchev–Trinajstić information content (AvgIpc) is 2.34. The second kappa shape index (κ2) is 7.33. The van der Waals surface area contributed by atoms with E-state index in [-0.39, 0.29) is 24.5 Å². The molecule has 104 valence electrons. The summed E-state index contributed by atoms with van der Waals surface area (Å²) in [5.74, 6) is -1.36. The molecule has 0 radical (unpaired) electrons. The number of carboxylic acids is 1. The molecule has 1 heterocycles. The van der Waals surface area contributed by atoms with Gasteiger partial charge in [-0.25, -0.2) is 0 Å². The van der Waals surface area contributed by atoms with Crippen molar-refractivity contribution in [1.29, 1.82) is 0 Å². The SMILES string of the molecule is CCCNC1CC(C(=O)OC)CN(CC(=O)O)C1. The van der Waals surface area contributed by atoms with Gasteiger partial charge < -0.3 is 15.2 Å². The number of hydrogen-bond acceptors (Lipinski definition) is 5. The van der Waals surface area contributed by atoms with E-state index in [1.165, 1.54) is 7.11 Å². The molecule has 0 bridgehead atoms. The molecular formula is C12H22N2O4. The van der Waals surface area contributed by atoms with E-state index in [2.05, 4.69) is 12.2 Å². The molecule has 2 atom stereocenters. The normalized spacial score (nSPS) is 24.8. The number of carboxylic acid groups (broad SMARTS) is 1. The van der Waals surface area contributed by atoms with Crippen LogP contribution in [0.2, 0.25) is 0 Å². The second-order valence-corrected chi connectivity index (χ2v) is 4.69. The van der Waals surface area contributed by atoms with Gasteiger partial charge in [0.15, 0.2) is 0 Å². The molecule has 1 saturated heterocycles. The highest BCUT2D eigenvalue weighted by Crippen LogP contribution is 2.18. The van der Waals surface area contributed by atoms with E-state index in [0.717, 1.165) is 13.0 Å². The van der Waals surface area contributed by atoms with Crippen molar-refractivity contribution in [2.75, 3.05) is 33.3 Å². The largest absolute Gasteiger partial charge is 0.480 e. The first-order valence-electron chi connectivity index (χ1n) is 6.32. The van der Waals surface area contributed by atoms with E-state index >= 15 is 0 Å². The number of methoxy groups -OCH3 is 1. The zero-order valence-corrected chi connectivity index (χ0v) is 11.0. The quantitative estimate of drug-likeness (QED) is 0.650. The van der Waals surface area contributed by atoms with Crippen LogP contribution < -0.4 is 5.32 Å². The van der Waals surface area contributed by atoms with E-state index in [1.807, 2.05) is 0 Å². The Hall–Kier alpha value is -1.14. The van der Waals surface area contributed by atoms with E-state index in [4.69, 9.17) is 9.84 Å². The van der Waals surface area contributed by atoms with Crippen LogP contribution in [0.5, 0.6) is 0 Å². The predicted octanol–water partition coefficient (Wildman–Crippen LogP) is -0.0659. The summed E-state index contributed by atoms with van der Waals surface area (Å²) in [5.41, 5.74) is 0. The van der Waals surface area contributed by atoms with Crippen LogP contribution in [0.25, 0.3) is 0 Å². The number of rotatable bonds is 6. The summed E-state index contributed by atoms with van der Waals surface area (Å²) < 4.78 is 4.75. The number of carbonyl (C=O) groups excluding carboxylic acids is 1. The number of piperidine rings is 1. The number of ether oxygens (including phenoxy) is 1. The first-order valence-corrected chi connectivity index (χ1v) is 6.32. The van der Waals surface area contributed by atoms with Crippen LogP contribution >= 0.6 is 0 Å². The van der Waals surface area contributed by atoms with Crippen molar-refractivity contribution in [3.8, 4) is 0 Å². The van der Waals surface area contributed by atoms with E-state index in [1.54, 1.807) is 4.90 Å². The van der Waals surface area contributed by atoms with Crippen molar-refractivity contribution in [2.45, 2.75) is 25.8 Å². The summed E-state index contributed by atoms with van der Waals surface area (Å²) in [6, 6.07) is 0.155. The third-order valence-electron chi connectivity index (χ3n) is 3.10. The molecule has 1 rings (SSSR count). The van der Waals surface area contributed by atoms with Gasteiger partial charge >= 0.3 is 11.9 Å². The molecule has 1 aliphatic rings. The van der Waals surface area contributed by atoms with Crippen molar-refractivity contribution < 1.29 is 19.4 Å². The highest BCUT2D eigenvalue weighted by atomic mass is 16.5. The summed E-state index contributed by atoms with van der Waals surface area (Å²) in [4.78, 5) is 24.1. The Kier molecular flexibility index (Phi) is 6.07. The van der Waals surface area contributed by atoms with Crippen molar-refractivity contribution in [3.05, 3.63) is 0 Å². The highest BCUT2D eigenvalue weighted by Gasteiger charge is 2.32. The second-order valence-electron chi connectivity index (χ2n) is 4.69. The van der Waals surface area contributed by atoms with Gasteiger partial charge in [0, 0.05) is 19.1 Å². The number of nitrogens with one attached hydrogen (secondary N) is 1. The Labute approximate surface area is 107 Å². The number of aliphatic carboxylic acids is 1. The van der Waals surface area contributed by atoms with Gasteiger partial charge in [0.05, 0.1) is 19.6 Å². The maximum atomic E-state index is 11.6. The molecule has 2 unspecified atom stereocenters. The molecule has 0 aliphatic carbocycles. The number of nitrogens with zero attached hydrogens (tertiary/aromatic N) is 1. The number of esters is 1. The zero-order chi connectivity index (χ0) is 13.5. The van der Waals surface area contributed by atoms with E-state index in [0.29, 0.717) is 19.5 Å². The van der Waals surface area contributed by atoms with E-state index < -0.39 is 5.97 Å². The Bertz CT molecular complexity index is 296. The molecule has 0 aromatic carbocycles. The van der Waals surface area contributed by atoms with Gasteiger partial charge in [-0.1, -0.05) is 6.92 Å². The number of hydrogen-bond donors (Lipinski definition) is 2. The third kappa shape index (κ3) is 4.62. The van der Waals surface area contributed by atoms with Gasteiger partial charge in [-0.2, -0.15) is 0 Å². The molecule has 18 heavy (non-hydrogen) atoms. The molecular weight excluding hydrogens is 236 g/mol. The monoisotopic (exact) mass is 258 g/mol. The smallest absolute Gasteiger partial charge is 0.317 e. The lowest BCUT2D eigenvalue weighted by atomic mass is 9.94. The maximum Gasteiger partial charge on any atom is 0.317 e. The third-order valence-corrected chi connectivity index (χ3v) is 3.10. The van der Waals surface area contributed by atoms with Crippen LogP contribution in [-0.4, -0.2) is 61.3 Å². The van der Waals surface area contributed by atoms with Crippen LogP contribution in [0.15, 0.2) is 0 Å². The minimum atomic E-state index is -0.866. The van der Waals surface area contributed by atoms with Crippen LogP contribution in [0.4, 0.5) is 0 Å². The summed E-state index contributed by atoms with van der Waals surface area (Å²) in [6.45, 7) is 4.04. The first kappa shape index (κ1) is 14.9. The zero-order valence-electron chi connectivity index (χ0n) is 11.0. The van der Waals surface area contributed by atoms with Crippen LogP contribution in [0, 0.1) is 5.92 Å². The van der Waals surface area contributed by atoms with Crippen molar-refractivity contribution in [2.24, 2.45) is 5.92 Å². The minimum absolute atomic E-state index is 0.0300. The van der Waals surface area contributed by atoms with Gasteiger partial charge in [0.25, 0.3) is 0 Å². The van der Waals surface area contributed by atoms with Gasteiger partial charge in [0.1, 0.15) is 0 Å². The lowest BCUT2D eigenvalue weighted by Crippen LogP contribution is -2.52. The Morgan fingerprint density at radius 1 is 1.44 bits per heavy atom. The maximum absolute atomic E-state index is 11.6. The van der Waals surface area contributed by atoms with Crippen molar-refractivity contribution in [3.63, 3.8) is 0 Å². The molecule has 1 fully saturated rings. The highest BCUT2D eigenvalue weighted by molar-refractivity contribution is 5.73. The topological polar surface area (TPSA) is 78.9 Å². The molecule has 0 aromatic heterocycles. The molecule has 1 aliphatic heterocycles. The average molecular weight is 258 g/mol. The molecule has 0 spiro atoms. The summed E-state index contributed by atoms with van der Waals surface area (Å²) >= 11 is 0. The van der Waals surface area contributed by atoms with Crippen LogP contribution in [0.1, 0.15) is 19.8 Å². The fourth-order valence-electron chi connectivity index (χ4n) is 2.34. The van der Waals surface area contributed by atoms with Gasteiger partial charge in [0.2, 0.25) is 0 Å². The van der Waals surface area contributed by atoms with E-state index in [9.17, 15) is 9.59 Å². The predicted molar refractivity (Wildman–Crippen MR) is 66.3 cm³/mol. The fourth-order valence-corrected chi connectivity index (χ4v) is 2.34. The fraction of sp³-hybridized carbons (Fsp3) is 0.833. The summed E-state index contributed by atoms with van der Waals surface area (Å²) in [7, 11) is 1.37. The molecule has 6 nitrogen and oxygen atoms in total. The van der Waals surface area contributed by atoms with Gasteiger partial charge in [-0.05, 0) is 19.4 Å². The lowest BCUT2D eigenvalue weighted by molar-refractivity contribution is -0.149. The minimum Gasteiger partial charge on any atom is -0.480 e. The first-order chi connectivity index (χ1) is 8.56. The lowest BCUT2D eigenvalue weighted by Gasteiger charge is -2.36. The van der Waals surface area contributed by atoms with Crippen molar-refractivity contribution in [1.82, 2.24) is 10.2 Å². The molecule has 2 N–H and O–H groups in total. The van der Waals surface area contributed by atoms with Gasteiger partial charge in [-0.15, -0.1) is 0 Å². The molecule has 6 heteroatoms. The number of carbonyl (C=O) groups is 2. The Balaban J connectivity index is 2.59. The van der Waals surface area contributed by atoms with Gasteiger partial charge in [-0.3, -0.25) is 14.5 Å². The molecule has 0 saturated carbocycles. The standard InChI is InChI=1S/C12H22N2O4/c1-3-4-13-10-5-9(12(17)18-2)6-14(7-10)8-11(15)16/h9-10,13H,3-8H2,1-2H3,(H,15,16). The molecule has 0 aromatic rings. The van der Waals surface area contributed by atoms with Crippen molar-refractivity contribution >= 4 is 11.9 Å². The number of likely N-dealkylation sites (tertiary alicyclic amines) is 1.